The Hall–Kier alpha value is -3.09. The van der Waals surface area contributed by atoms with Crippen LogP contribution in [-0.4, -0.2) is 18.0 Å². The number of carbonyl (C=O) groups excluding carboxylic acids is 1. The number of nitrogens with zero attached hydrogens (tertiary/aromatic N) is 1. The van der Waals surface area contributed by atoms with Gasteiger partial charge in [0, 0.05) is 12.1 Å². The fraction of sp³-hybridized carbons (Fsp3) is 0.0714. The number of nitrogens with two attached hydrogens (primary N) is 1. The molecule has 0 aliphatic rings. The van der Waals surface area contributed by atoms with Crippen molar-refractivity contribution in [3.63, 3.8) is 0 Å². The predicted octanol–water partition coefficient (Wildman–Crippen LogP) is 2.71. The number of para-hydroxylation sites is 1. The van der Waals surface area contributed by atoms with E-state index in [1.54, 1.807) is 24.3 Å². The number of non-ortho nitro benzene ring substituents is 1. The molecule has 2 aromatic carbocycles. The highest BCUT2D eigenvalue weighted by Crippen LogP contribution is 2.28. The number of nitrogen functional groups attached to an aromatic ring is 1. The van der Waals surface area contributed by atoms with E-state index in [1.165, 1.54) is 25.3 Å². The molecule has 2 aromatic rings. The molecule has 0 unspecified atom stereocenters. The summed E-state index contributed by atoms with van der Waals surface area (Å²) in [5.41, 5.74) is 7.22. The first-order valence-corrected chi connectivity index (χ1v) is 6.01. The third kappa shape index (κ3) is 3.08. The Morgan fingerprint density at radius 2 is 1.95 bits per heavy atom. The minimum atomic E-state index is -0.525. The van der Waals surface area contributed by atoms with Crippen LogP contribution < -0.4 is 11.1 Å². The van der Waals surface area contributed by atoms with Crippen molar-refractivity contribution in [2.75, 3.05) is 18.2 Å². The molecule has 108 valence electrons. The molecule has 0 aliphatic heterocycles. The lowest BCUT2D eigenvalue weighted by atomic mass is 10.1. The van der Waals surface area contributed by atoms with E-state index >= 15 is 0 Å². The summed E-state index contributed by atoms with van der Waals surface area (Å²) in [5.74, 6) is -0.487. The molecule has 0 spiro atoms. The molecule has 2 rings (SSSR count). The van der Waals surface area contributed by atoms with Gasteiger partial charge in [0.1, 0.15) is 0 Å². The number of esters is 1. The molecule has 0 radical (unpaired) electrons. The van der Waals surface area contributed by atoms with Crippen LogP contribution in [0.5, 0.6) is 0 Å². The number of anilines is 3. The molecule has 0 fully saturated rings. The van der Waals surface area contributed by atoms with Crippen molar-refractivity contribution in [1.82, 2.24) is 0 Å². The molecule has 7 heteroatoms. The Kier molecular flexibility index (Phi) is 4.03. The number of ether oxygens (including phenoxy) is 1. The zero-order valence-electron chi connectivity index (χ0n) is 11.2. The van der Waals surface area contributed by atoms with Gasteiger partial charge in [0.05, 0.1) is 34.7 Å². The quantitative estimate of drug-likeness (QED) is 0.387. The maximum absolute atomic E-state index is 11.7. The van der Waals surface area contributed by atoms with Crippen molar-refractivity contribution in [2.45, 2.75) is 0 Å². The average molecular weight is 287 g/mol. The normalized spacial score (nSPS) is 9.95. The highest BCUT2D eigenvalue weighted by molar-refractivity contribution is 5.97. The van der Waals surface area contributed by atoms with Crippen LogP contribution >= 0.6 is 0 Å². The van der Waals surface area contributed by atoms with Gasteiger partial charge < -0.3 is 15.8 Å². The SMILES string of the molecule is COC(=O)c1ccccc1Nc1ccc([N+](=O)[O-])cc1N. The summed E-state index contributed by atoms with van der Waals surface area (Å²) < 4.78 is 4.70. The van der Waals surface area contributed by atoms with Gasteiger partial charge in [0.15, 0.2) is 0 Å². The Bertz CT molecular complexity index is 700. The predicted molar refractivity (Wildman–Crippen MR) is 78.6 cm³/mol. The molecule has 21 heavy (non-hydrogen) atoms. The minimum absolute atomic E-state index is 0.0979. The van der Waals surface area contributed by atoms with Gasteiger partial charge >= 0.3 is 5.97 Å². The molecule has 7 nitrogen and oxygen atoms in total. The van der Waals surface area contributed by atoms with Gasteiger partial charge in [-0.05, 0) is 18.2 Å². The summed E-state index contributed by atoms with van der Waals surface area (Å²) in [6, 6.07) is 10.8. The lowest BCUT2D eigenvalue weighted by molar-refractivity contribution is -0.384. The van der Waals surface area contributed by atoms with E-state index < -0.39 is 10.9 Å². The van der Waals surface area contributed by atoms with Crippen molar-refractivity contribution in [1.29, 1.82) is 0 Å². The first-order chi connectivity index (χ1) is 10.0. The summed E-state index contributed by atoms with van der Waals surface area (Å²) in [4.78, 5) is 21.8. The summed E-state index contributed by atoms with van der Waals surface area (Å²) in [5, 5.41) is 13.6. The highest BCUT2D eigenvalue weighted by atomic mass is 16.6. The Balaban J connectivity index is 2.35. The minimum Gasteiger partial charge on any atom is -0.465 e. The monoisotopic (exact) mass is 287 g/mol. The smallest absolute Gasteiger partial charge is 0.339 e. The first-order valence-electron chi connectivity index (χ1n) is 6.01. The maximum atomic E-state index is 11.7. The molecule has 3 N–H and O–H groups in total. The number of hydrogen-bond acceptors (Lipinski definition) is 6. The number of hydrogen-bond donors (Lipinski definition) is 2. The van der Waals surface area contributed by atoms with Crippen LogP contribution in [0.1, 0.15) is 10.4 Å². The molecule has 0 bridgehead atoms. The van der Waals surface area contributed by atoms with E-state index in [0.717, 1.165) is 0 Å². The first kappa shape index (κ1) is 14.3. The third-order valence-corrected chi connectivity index (χ3v) is 2.85. The van der Waals surface area contributed by atoms with E-state index in [2.05, 4.69) is 5.32 Å². The number of nitrogens with one attached hydrogen (secondary N) is 1. The van der Waals surface area contributed by atoms with Crippen molar-refractivity contribution in [3.05, 3.63) is 58.1 Å². The summed E-state index contributed by atoms with van der Waals surface area (Å²) in [7, 11) is 1.29. The second-order valence-electron chi connectivity index (χ2n) is 4.19. The zero-order valence-corrected chi connectivity index (χ0v) is 11.2. The number of nitro benzene ring substituents is 1. The lowest BCUT2D eigenvalue weighted by Crippen LogP contribution is -2.06. The third-order valence-electron chi connectivity index (χ3n) is 2.85. The van der Waals surface area contributed by atoms with Crippen LogP contribution in [0.4, 0.5) is 22.7 Å². The summed E-state index contributed by atoms with van der Waals surface area (Å²) in [6.45, 7) is 0. The molecule has 0 atom stereocenters. The Morgan fingerprint density at radius 1 is 1.24 bits per heavy atom. The standard InChI is InChI=1S/C14H13N3O4/c1-21-14(18)10-4-2-3-5-12(10)16-13-7-6-9(17(19)20)8-11(13)15/h2-8,16H,15H2,1H3. The number of methoxy groups -OCH3 is 1. The largest absolute Gasteiger partial charge is 0.465 e. The number of nitro groups is 1. The van der Waals surface area contributed by atoms with E-state index in [9.17, 15) is 14.9 Å². The molecule has 0 aromatic heterocycles. The maximum Gasteiger partial charge on any atom is 0.339 e. The second-order valence-corrected chi connectivity index (χ2v) is 4.19. The number of rotatable bonds is 4. The van der Waals surface area contributed by atoms with Gasteiger partial charge in [-0.1, -0.05) is 12.1 Å². The average Bonchev–Trinajstić information content (AvgIpc) is 2.49. The molecule has 0 amide bonds. The fourth-order valence-corrected chi connectivity index (χ4v) is 1.80. The summed E-state index contributed by atoms with van der Waals surface area (Å²) >= 11 is 0. The van der Waals surface area contributed by atoms with E-state index in [-0.39, 0.29) is 11.4 Å². The van der Waals surface area contributed by atoms with Crippen LogP contribution in [0.25, 0.3) is 0 Å². The van der Waals surface area contributed by atoms with Gasteiger partial charge in [-0.25, -0.2) is 4.79 Å². The van der Waals surface area contributed by atoms with Gasteiger partial charge in [-0.3, -0.25) is 10.1 Å². The van der Waals surface area contributed by atoms with Crippen LogP contribution in [0, 0.1) is 10.1 Å². The lowest BCUT2D eigenvalue weighted by Gasteiger charge is -2.12. The van der Waals surface area contributed by atoms with E-state index in [0.29, 0.717) is 16.9 Å². The second kappa shape index (κ2) is 5.91. The van der Waals surface area contributed by atoms with Crippen LogP contribution in [0.2, 0.25) is 0 Å². The van der Waals surface area contributed by atoms with E-state index in [4.69, 9.17) is 10.5 Å². The van der Waals surface area contributed by atoms with Crippen LogP contribution in [-0.2, 0) is 4.74 Å². The Morgan fingerprint density at radius 3 is 2.57 bits per heavy atom. The molecule has 0 saturated carbocycles. The topological polar surface area (TPSA) is 107 Å². The zero-order chi connectivity index (χ0) is 15.4. The van der Waals surface area contributed by atoms with Crippen molar-refractivity contribution in [3.8, 4) is 0 Å². The number of benzene rings is 2. The molecule has 0 saturated heterocycles. The van der Waals surface area contributed by atoms with Crippen molar-refractivity contribution < 1.29 is 14.5 Å². The highest BCUT2D eigenvalue weighted by Gasteiger charge is 2.13. The van der Waals surface area contributed by atoms with Crippen LogP contribution in [0.3, 0.4) is 0 Å². The molecular formula is C14H13N3O4. The molecular weight excluding hydrogens is 274 g/mol. The van der Waals surface area contributed by atoms with Crippen molar-refractivity contribution >= 4 is 28.7 Å². The molecule has 0 aliphatic carbocycles. The molecule has 0 heterocycles. The van der Waals surface area contributed by atoms with Crippen molar-refractivity contribution in [2.24, 2.45) is 0 Å². The summed E-state index contributed by atoms with van der Waals surface area (Å²) in [6.07, 6.45) is 0. The van der Waals surface area contributed by atoms with E-state index in [1.807, 2.05) is 0 Å². The fourth-order valence-electron chi connectivity index (χ4n) is 1.80. The van der Waals surface area contributed by atoms with Gasteiger partial charge in [0.25, 0.3) is 5.69 Å². The van der Waals surface area contributed by atoms with Gasteiger partial charge in [-0.15, -0.1) is 0 Å². The van der Waals surface area contributed by atoms with Crippen LogP contribution in [0.15, 0.2) is 42.5 Å². The number of carbonyl (C=O) groups is 1. The van der Waals surface area contributed by atoms with Gasteiger partial charge in [-0.2, -0.15) is 0 Å². The Labute approximate surface area is 120 Å². The van der Waals surface area contributed by atoms with Gasteiger partial charge in [0.2, 0.25) is 0 Å².